The Balaban J connectivity index is 2.00. The second kappa shape index (κ2) is 7.38. The van der Waals surface area contributed by atoms with E-state index in [1.54, 1.807) is 16.4 Å². The Hall–Kier alpha value is -0.910. The Morgan fingerprint density at radius 2 is 1.62 bits per heavy atom. The van der Waals surface area contributed by atoms with E-state index in [4.69, 9.17) is 0 Å². The van der Waals surface area contributed by atoms with Gasteiger partial charge in [-0.25, -0.2) is 8.42 Å². The van der Waals surface area contributed by atoms with Crippen LogP contribution in [-0.2, 0) is 16.4 Å². The number of rotatable bonds is 6. The minimum Gasteiger partial charge on any atom is -0.301 e. The summed E-state index contributed by atoms with van der Waals surface area (Å²) in [5, 5.41) is 0. The molecule has 118 valence electrons. The normalized spacial score (nSPS) is 18.0. The van der Waals surface area contributed by atoms with Crippen LogP contribution in [0.25, 0.3) is 0 Å². The molecule has 1 aliphatic heterocycles. The van der Waals surface area contributed by atoms with Crippen molar-refractivity contribution in [2.75, 3.05) is 32.7 Å². The molecule has 0 bridgehead atoms. The summed E-state index contributed by atoms with van der Waals surface area (Å²) in [5.74, 6) is 0. The van der Waals surface area contributed by atoms with E-state index < -0.39 is 10.0 Å². The third kappa shape index (κ3) is 4.05. The molecular formula is C16H26N2O2S. The Labute approximate surface area is 128 Å². The first-order chi connectivity index (χ1) is 10.1. The van der Waals surface area contributed by atoms with E-state index in [0.29, 0.717) is 18.0 Å². The van der Waals surface area contributed by atoms with E-state index >= 15 is 0 Å². The molecule has 1 heterocycles. The van der Waals surface area contributed by atoms with Gasteiger partial charge in [0.15, 0.2) is 0 Å². The maximum atomic E-state index is 12.6. The highest BCUT2D eigenvalue weighted by Crippen LogP contribution is 2.18. The van der Waals surface area contributed by atoms with E-state index in [1.165, 1.54) is 18.4 Å². The Bertz CT molecular complexity index is 532. The van der Waals surface area contributed by atoms with Crippen molar-refractivity contribution in [3.8, 4) is 0 Å². The molecule has 1 fully saturated rings. The first-order valence-electron chi connectivity index (χ1n) is 7.89. The van der Waals surface area contributed by atoms with Crippen molar-refractivity contribution in [1.29, 1.82) is 0 Å². The van der Waals surface area contributed by atoms with Gasteiger partial charge in [-0.1, -0.05) is 32.4 Å². The highest BCUT2D eigenvalue weighted by atomic mass is 32.2. The molecule has 2 rings (SSSR count). The number of nitrogens with zero attached hydrogens (tertiary/aromatic N) is 2. The van der Waals surface area contributed by atoms with Crippen molar-refractivity contribution in [2.24, 2.45) is 0 Å². The topological polar surface area (TPSA) is 40.6 Å². The first kappa shape index (κ1) is 16.5. The van der Waals surface area contributed by atoms with E-state index in [0.717, 1.165) is 26.1 Å². The highest BCUT2D eigenvalue weighted by Gasteiger charge is 2.28. The molecule has 1 saturated heterocycles. The van der Waals surface area contributed by atoms with E-state index in [1.807, 2.05) is 12.1 Å². The molecule has 1 aromatic rings. The highest BCUT2D eigenvalue weighted by molar-refractivity contribution is 7.89. The van der Waals surface area contributed by atoms with Gasteiger partial charge in [-0.15, -0.1) is 0 Å². The second-order valence-corrected chi connectivity index (χ2v) is 7.53. The van der Waals surface area contributed by atoms with Crippen molar-refractivity contribution in [2.45, 2.75) is 38.0 Å². The molecule has 0 spiro atoms. The van der Waals surface area contributed by atoms with Crippen LogP contribution in [0.1, 0.15) is 32.3 Å². The summed E-state index contributed by atoms with van der Waals surface area (Å²) in [6.07, 6.45) is 3.30. The molecule has 1 aromatic carbocycles. The maximum Gasteiger partial charge on any atom is 0.243 e. The van der Waals surface area contributed by atoms with Gasteiger partial charge in [0.2, 0.25) is 10.0 Å². The maximum absolute atomic E-state index is 12.6. The molecule has 1 aliphatic rings. The van der Waals surface area contributed by atoms with Gasteiger partial charge in [0.05, 0.1) is 4.90 Å². The smallest absolute Gasteiger partial charge is 0.243 e. The minimum atomic E-state index is -3.32. The van der Waals surface area contributed by atoms with E-state index in [2.05, 4.69) is 18.7 Å². The van der Waals surface area contributed by atoms with Crippen molar-refractivity contribution in [3.05, 3.63) is 29.8 Å². The summed E-state index contributed by atoms with van der Waals surface area (Å²) < 4.78 is 26.9. The van der Waals surface area contributed by atoms with Gasteiger partial charge in [0, 0.05) is 26.2 Å². The Morgan fingerprint density at radius 1 is 1.00 bits per heavy atom. The second-order valence-electron chi connectivity index (χ2n) is 5.60. The molecule has 0 aromatic heterocycles. The molecule has 0 unspecified atom stereocenters. The molecule has 0 atom stereocenters. The minimum absolute atomic E-state index is 0.418. The largest absolute Gasteiger partial charge is 0.301 e. The van der Waals surface area contributed by atoms with Crippen LogP contribution in [0, 0.1) is 0 Å². The predicted molar refractivity (Wildman–Crippen MR) is 85.9 cm³/mol. The zero-order chi connectivity index (χ0) is 15.3. The quantitative estimate of drug-likeness (QED) is 0.810. The monoisotopic (exact) mass is 310 g/mol. The summed E-state index contributed by atoms with van der Waals surface area (Å²) in [7, 11) is -3.32. The third-order valence-corrected chi connectivity index (χ3v) is 6.04. The number of hydrogen-bond acceptors (Lipinski definition) is 3. The Kier molecular flexibility index (Phi) is 5.79. The molecule has 4 nitrogen and oxygen atoms in total. The molecular weight excluding hydrogens is 284 g/mol. The molecule has 5 heteroatoms. The zero-order valence-corrected chi connectivity index (χ0v) is 13.9. The fourth-order valence-electron chi connectivity index (χ4n) is 2.62. The van der Waals surface area contributed by atoms with Crippen LogP contribution in [-0.4, -0.2) is 50.3 Å². The van der Waals surface area contributed by atoms with Gasteiger partial charge in [0.1, 0.15) is 0 Å². The summed E-state index contributed by atoms with van der Waals surface area (Å²) >= 11 is 0. The summed E-state index contributed by atoms with van der Waals surface area (Å²) in [6.45, 7) is 8.21. The number of sulfonamides is 1. The van der Waals surface area contributed by atoms with Gasteiger partial charge in [-0.05, 0) is 37.1 Å². The van der Waals surface area contributed by atoms with Crippen LogP contribution < -0.4 is 0 Å². The lowest BCUT2D eigenvalue weighted by Gasteiger charge is -2.33. The van der Waals surface area contributed by atoms with E-state index in [-0.39, 0.29) is 0 Å². The molecule has 0 radical (unpaired) electrons. The van der Waals surface area contributed by atoms with Gasteiger partial charge in [0.25, 0.3) is 0 Å². The molecule has 0 aliphatic carbocycles. The number of benzene rings is 1. The van der Waals surface area contributed by atoms with Crippen molar-refractivity contribution < 1.29 is 8.42 Å². The lowest BCUT2D eigenvalue weighted by Crippen LogP contribution is -2.48. The first-order valence-corrected chi connectivity index (χ1v) is 9.33. The van der Waals surface area contributed by atoms with Crippen molar-refractivity contribution in [1.82, 2.24) is 9.21 Å². The van der Waals surface area contributed by atoms with Crippen molar-refractivity contribution in [3.63, 3.8) is 0 Å². The average Bonchev–Trinajstić information content (AvgIpc) is 2.53. The molecule has 21 heavy (non-hydrogen) atoms. The van der Waals surface area contributed by atoms with Gasteiger partial charge in [-0.2, -0.15) is 4.31 Å². The third-order valence-electron chi connectivity index (χ3n) is 4.13. The number of piperazine rings is 1. The Morgan fingerprint density at radius 3 is 2.14 bits per heavy atom. The average molecular weight is 310 g/mol. The summed E-state index contributed by atoms with van der Waals surface area (Å²) in [6, 6.07) is 7.28. The predicted octanol–water partition coefficient (Wildman–Crippen LogP) is 2.36. The molecule has 0 saturated carbocycles. The fraction of sp³-hybridized carbons (Fsp3) is 0.625. The van der Waals surface area contributed by atoms with Crippen LogP contribution in [0.2, 0.25) is 0 Å². The lowest BCUT2D eigenvalue weighted by atomic mass is 10.2. The van der Waals surface area contributed by atoms with Gasteiger partial charge < -0.3 is 4.90 Å². The summed E-state index contributed by atoms with van der Waals surface area (Å²) in [4.78, 5) is 2.78. The zero-order valence-electron chi connectivity index (χ0n) is 13.1. The van der Waals surface area contributed by atoms with Gasteiger partial charge in [-0.3, -0.25) is 0 Å². The summed E-state index contributed by atoms with van der Waals surface area (Å²) in [5.41, 5.74) is 1.17. The molecule has 0 N–H and O–H groups in total. The molecule has 0 amide bonds. The number of aryl methyl sites for hydroxylation is 1. The SMILES string of the molecule is CCCCN1CCN(S(=O)(=O)c2ccc(CC)cc2)CC1. The van der Waals surface area contributed by atoms with E-state index in [9.17, 15) is 8.42 Å². The lowest BCUT2D eigenvalue weighted by molar-refractivity contribution is 0.186. The van der Waals surface area contributed by atoms with Crippen LogP contribution in [0.3, 0.4) is 0 Å². The van der Waals surface area contributed by atoms with Crippen LogP contribution in [0.5, 0.6) is 0 Å². The number of hydrogen-bond donors (Lipinski definition) is 0. The van der Waals surface area contributed by atoms with Crippen LogP contribution in [0.4, 0.5) is 0 Å². The van der Waals surface area contributed by atoms with Crippen LogP contribution in [0.15, 0.2) is 29.2 Å². The van der Waals surface area contributed by atoms with Gasteiger partial charge >= 0.3 is 0 Å². The van der Waals surface area contributed by atoms with Crippen molar-refractivity contribution >= 4 is 10.0 Å². The van der Waals surface area contributed by atoms with Crippen LogP contribution >= 0.6 is 0 Å². The number of unbranched alkanes of at least 4 members (excludes halogenated alkanes) is 1. The fourth-order valence-corrected chi connectivity index (χ4v) is 4.04. The standard InChI is InChI=1S/C16H26N2O2S/c1-3-5-10-17-11-13-18(14-12-17)21(19,20)16-8-6-15(4-2)7-9-16/h6-9H,3-5,10-14H2,1-2H3.